The van der Waals surface area contributed by atoms with Crippen LogP contribution in [0, 0.1) is 6.92 Å². The van der Waals surface area contributed by atoms with Crippen molar-refractivity contribution in [1.82, 2.24) is 15.5 Å². The summed E-state index contributed by atoms with van der Waals surface area (Å²) in [5.41, 5.74) is 1.91. The molecule has 25 heavy (non-hydrogen) atoms. The molecule has 0 radical (unpaired) electrons. The Kier molecular flexibility index (Phi) is 5.15. The smallest absolute Gasteiger partial charge is 0.271 e. The fourth-order valence-corrected chi connectivity index (χ4v) is 2.25. The van der Waals surface area contributed by atoms with Gasteiger partial charge in [-0.2, -0.15) is 5.10 Å². The molecule has 130 valence electrons. The molecule has 0 fully saturated rings. The van der Waals surface area contributed by atoms with Gasteiger partial charge in [-0.05, 0) is 36.8 Å². The average Bonchev–Trinajstić information content (AvgIpc) is 3.28. The number of nitrogens with one attached hydrogen (secondary N) is 2. The lowest BCUT2D eigenvalue weighted by Crippen LogP contribution is -2.35. The summed E-state index contributed by atoms with van der Waals surface area (Å²) >= 11 is 0. The molecule has 3 aromatic rings. The molecule has 2 heterocycles. The Morgan fingerprint density at radius 2 is 2.24 bits per heavy atom. The Hall–Kier alpha value is -3.06. The van der Waals surface area contributed by atoms with E-state index in [4.69, 9.17) is 9.15 Å². The largest absolute Gasteiger partial charge is 0.491 e. The van der Waals surface area contributed by atoms with Crippen LogP contribution >= 0.6 is 0 Å². The van der Waals surface area contributed by atoms with Gasteiger partial charge in [-0.3, -0.25) is 9.89 Å². The second kappa shape index (κ2) is 7.67. The Balaban J connectivity index is 1.47. The zero-order valence-electron chi connectivity index (χ0n) is 13.7. The highest BCUT2D eigenvalue weighted by atomic mass is 16.5. The third-order valence-electron chi connectivity index (χ3n) is 3.53. The summed E-state index contributed by atoms with van der Waals surface area (Å²) in [5.74, 6) is 0.891. The molecule has 1 atom stereocenters. The number of nitrogens with zero attached hydrogens (tertiary/aromatic N) is 1. The molecule has 3 rings (SSSR count). The Morgan fingerprint density at radius 1 is 1.36 bits per heavy atom. The summed E-state index contributed by atoms with van der Waals surface area (Å²) in [5, 5.41) is 19.3. The number of rotatable bonds is 7. The molecule has 0 aliphatic rings. The molecular weight excluding hydrogens is 322 g/mol. The monoisotopic (exact) mass is 341 g/mol. The first-order valence-electron chi connectivity index (χ1n) is 7.87. The number of benzene rings is 1. The molecule has 7 heteroatoms. The van der Waals surface area contributed by atoms with Gasteiger partial charge in [0, 0.05) is 12.6 Å². The molecule has 0 bridgehead atoms. The topological polar surface area (TPSA) is 100 Å². The highest BCUT2D eigenvalue weighted by molar-refractivity contribution is 5.93. The molecule has 3 N–H and O–H groups in total. The Bertz CT molecular complexity index is 826. The van der Waals surface area contributed by atoms with Gasteiger partial charge in [0.1, 0.15) is 24.2 Å². The third-order valence-corrected chi connectivity index (χ3v) is 3.53. The summed E-state index contributed by atoms with van der Waals surface area (Å²) in [4.78, 5) is 12.1. The van der Waals surface area contributed by atoms with E-state index in [1.165, 1.54) is 0 Å². The minimum absolute atomic E-state index is 0.0631. The maximum absolute atomic E-state index is 12.1. The van der Waals surface area contributed by atoms with E-state index in [2.05, 4.69) is 15.5 Å². The number of aromatic amines is 1. The molecule has 2 aromatic heterocycles. The molecule has 1 aromatic carbocycles. The number of aryl methyl sites for hydroxylation is 1. The van der Waals surface area contributed by atoms with Crippen molar-refractivity contribution in [2.24, 2.45) is 0 Å². The van der Waals surface area contributed by atoms with Crippen molar-refractivity contribution in [3.05, 3.63) is 60.0 Å². The van der Waals surface area contributed by atoms with E-state index in [0.29, 0.717) is 17.2 Å². The lowest BCUT2D eigenvalue weighted by Gasteiger charge is -2.13. The maximum Gasteiger partial charge on any atom is 0.271 e. The van der Waals surface area contributed by atoms with E-state index in [9.17, 15) is 9.90 Å². The van der Waals surface area contributed by atoms with Crippen LogP contribution in [0.2, 0.25) is 0 Å². The van der Waals surface area contributed by atoms with Gasteiger partial charge in [0.05, 0.1) is 6.26 Å². The highest BCUT2D eigenvalue weighted by Crippen LogP contribution is 2.17. The summed E-state index contributed by atoms with van der Waals surface area (Å²) in [6, 6.07) is 12.6. The van der Waals surface area contributed by atoms with Crippen LogP contribution in [0.15, 0.2) is 53.1 Å². The number of hydrogen-bond donors (Lipinski definition) is 3. The van der Waals surface area contributed by atoms with Crippen LogP contribution in [0.1, 0.15) is 16.1 Å². The molecule has 0 saturated heterocycles. The number of hydrogen-bond acceptors (Lipinski definition) is 5. The number of carbonyl (C=O) groups excluding carboxylic acids is 1. The fraction of sp³-hybridized carbons (Fsp3) is 0.222. The lowest BCUT2D eigenvalue weighted by molar-refractivity contribution is 0.0840. The van der Waals surface area contributed by atoms with Crippen molar-refractivity contribution < 1.29 is 19.1 Å². The molecule has 0 aliphatic heterocycles. The summed E-state index contributed by atoms with van der Waals surface area (Å²) < 4.78 is 10.7. The molecule has 1 unspecified atom stereocenters. The summed E-state index contributed by atoms with van der Waals surface area (Å²) in [7, 11) is 0. The van der Waals surface area contributed by atoms with Crippen LogP contribution < -0.4 is 10.1 Å². The molecule has 7 nitrogen and oxygen atoms in total. The van der Waals surface area contributed by atoms with Crippen molar-refractivity contribution in [2.75, 3.05) is 13.2 Å². The number of aromatic nitrogens is 2. The van der Waals surface area contributed by atoms with Crippen LogP contribution in [0.5, 0.6) is 5.75 Å². The molecule has 0 saturated carbocycles. The van der Waals surface area contributed by atoms with Crippen molar-refractivity contribution in [1.29, 1.82) is 0 Å². The van der Waals surface area contributed by atoms with Crippen molar-refractivity contribution in [2.45, 2.75) is 13.0 Å². The molecule has 1 amide bonds. The van der Waals surface area contributed by atoms with Crippen LogP contribution in [0.4, 0.5) is 0 Å². The zero-order chi connectivity index (χ0) is 17.6. The second-order valence-corrected chi connectivity index (χ2v) is 5.64. The SMILES string of the molecule is Cc1cccc(OCC(O)CNC(=O)c2cc(-c3ccco3)[nH]n2)c1. The van der Waals surface area contributed by atoms with E-state index in [0.717, 1.165) is 5.56 Å². The van der Waals surface area contributed by atoms with Crippen LogP contribution in [-0.4, -0.2) is 40.5 Å². The quantitative estimate of drug-likeness (QED) is 0.611. The zero-order valence-corrected chi connectivity index (χ0v) is 13.7. The van der Waals surface area contributed by atoms with Gasteiger partial charge >= 0.3 is 0 Å². The van der Waals surface area contributed by atoms with Gasteiger partial charge in [0.2, 0.25) is 0 Å². The first-order chi connectivity index (χ1) is 12.1. The molecule has 0 aliphatic carbocycles. The van der Waals surface area contributed by atoms with Gasteiger partial charge in [-0.25, -0.2) is 0 Å². The first kappa shape index (κ1) is 16.8. The molecule has 0 spiro atoms. The standard InChI is InChI=1S/C18H19N3O4/c1-12-4-2-5-14(8-12)25-11-13(22)10-19-18(23)16-9-15(20-21-16)17-6-3-7-24-17/h2-9,13,22H,10-11H2,1H3,(H,19,23)(H,20,21). The number of aliphatic hydroxyl groups is 1. The third kappa shape index (κ3) is 4.48. The summed E-state index contributed by atoms with van der Waals surface area (Å²) in [6.07, 6.45) is 0.716. The predicted molar refractivity (Wildman–Crippen MR) is 91.3 cm³/mol. The lowest BCUT2D eigenvalue weighted by atomic mass is 10.2. The number of H-pyrrole nitrogens is 1. The number of furan rings is 1. The fourth-order valence-electron chi connectivity index (χ4n) is 2.25. The van der Waals surface area contributed by atoms with Gasteiger partial charge < -0.3 is 19.6 Å². The number of carbonyl (C=O) groups is 1. The van der Waals surface area contributed by atoms with Gasteiger partial charge in [-0.15, -0.1) is 0 Å². The maximum atomic E-state index is 12.1. The molecular formula is C18H19N3O4. The van der Waals surface area contributed by atoms with Gasteiger partial charge in [0.15, 0.2) is 11.5 Å². The minimum Gasteiger partial charge on any atom is -0.491 e. The van der Waals surface area contributed by atoms with Gasteiger partial charge in [-0.1, -0.05) is 12.1 Å². The number of aliphatic hydroxyl groups excluding tert-OH is 1. The van der Waals surface area contributed by atoms with Crippen molar-refractivity contribution in [3.63, 3.8) is 0 Å². The average molecular weight is 341 g/mol. The van der Waals surface area contributed by atoms with Gasteiger partial charge in [0.25, 0.3) is 5.91 Å². The van der Waals surface area contributed by atoms with E-state index < -0.39 is 6.10 Å². The number of ether oxygens (including phenoxy) is 1. The highest BCUT2D eigenvalue weighted by Gasteiger charge is 2.14. The van der Waals surface area contributed by atoms with Crippen LogP contribution in [0.25, 0.3) is 11.5 Å². The van der Waals surface area contributed by atoms with Crippen LogP contribution in [0.3, 0.4) is 0 Å². The summed E-state index contributed by atoms with van der Waals surface area (Å²) in [6.45, 7) is 2.11. The second-order valence-electron chi connectivity index (χ2n) is 5.64. The predicted octanol–water partition coefficient (Wildman–Crippen LogP) is 2.15. The van der Waals surface area contributed by atoms with E-state index in [-0.39, 0.29) is 24.8 Å². The van der Waals surface area contributed by atoms with Crippen molar-refractivity contribution in [3.8, 4) is 17.2 Å². The van der Waals surface area contributed by atoms with Crippen molar-refractivity contribution >= 4 is 5.91 Å². The normalized spacial score (nSPS) is 11.9. The van der Waals surface area contributed by atoms with E-state index in [1.54, 1.807) is 24.5 Å². The van der Waals surface area contributed by atoms with E-state index >= 15 is 0 Å². The first-order valence-corrected chi connectivity index (χ1v) is 7.87. The van der Waals surface area contributed by atoms with E-state index in [1.807, 2.05) is 31.2 Å². The van der Waals surface area contributed by atoms with Crippen LogP contribution in [-0.2, 0) is 0 Å². The minimum atomic E-state index is -0.826. The number of amides is 1. The Labute approximate surface area is 144 Å². The Morgan fingerprint density at radius 3 is 3.00 bits per heavy atom.